The van der Waals surface area contributed by atoms with Crippen LogP contribution < -0.4 is 18.9 Å². The second-order valence-electron chi connectivity index (χ2n) is 6.65. The van der Waals surface area contributed by atoms with E-state index in [1.807, 2.05) is 0 Å². The molecule has 158 valence electrons. The summed E-state index contributed by atoms with van der Waals surface area (Å²) in [4.78, 5) is 24.1. The van der Waals surface area contributed by atoms with Crippen LogP contribution in [0.1, 0.15) is 22.6 Å². The minimum atomic E-state index is -1.31. The van der Waals surface area contributed by atoms with Gasteiger partial charge < -0.3 is 29.2 Å². The molecule has 0 spiro atoms. The lowest BCUT2D eigenvalue weighted by molar-refractivity contribution is -0.144. The van der Waals surface area contributed by atoms with Crippen molar-refractivity contribution in [3.05, 3.63) is 52.6 Å². The molecular formula is C22H22O8. The molecule has 1 aliphatic rings. The van der Waals surface area contributed by atoms with Gasteiger partial charge in [0.2, 0.25) is 0 Å². The van der Waals surface area contributed by atoms with Crippen LogP contribution in [-0.2, 0) is 9.59 Å². The van der Waals surface area contributed by atoms with E-state index in [4.69, 9.17) is 18.9 Å². The number of fused-ring (bicyclic) bond motifs is 1. The Morgan fingerprint density at radius 2 is 1.37 bits per heavy atom. The Labute approximate surface area is 173 Å². The third kappa shape index (κ3) is 3.52. The molecule has 30 heavy (non-hydrogen) atoms. The molecule has 8 heteroatoms. The van der Waals surface area contributed by atoms with Crippen molar-refractivity contribution in [2.75, 3.05) is 28.4 Å². The minimum absolute atomic E-state index is 0.220. The average molecular weight is 414 g/mol. The van der Waals surface area contributed by atoms with Crippen molar-refractivity contribution in [3.63, 3.8) is 0 Å². The Morgan fingerprint density at radius 3 is 1.90 bits per heavy atom. The van der Waals surface area contributed by atoms with Gasteiger partial charge in [0.1, 0.15) is 0 Å². The summed E-state index contributed by atoms with van der Waals surface area (Å²) in [6.45, 7) is 0. The molecule has 0 heterocycles. The second-order valence-corrected chi connectivity index (χ2v) is 6.65. The minimum Gasteiger partial charge on any atom is -0.493 e. The molecule has 0 saturated carbocycles. The summed E-state index contributed by atoms with van der Waals surface area (Å²) < 4.78 is 21.3. The monoisotopic (exact) mass is 414 g/mol. The molecule has 3 rings (SSSR count). The van der Waals surface area contributed by atoms with Gasteiger partial charge in [-0.25, -0.2) is 4.79 Å². The molecule has 2 atom stereocenters. The van der Waals surface area contributed by atoms with Crippen molar-refractivity contribution in [2.45, 2.75) is 5.92 Å². The van der Waals surface area contributed by atoms with Crippen molar-refractivity contribution >= 4 is 18.0 Å². The van der Waals surface area contributed by atoms with Gasteiger partial charge >= 0.3 is 11.9 Å². The number of ether oxygens (including phenoxy) is 4. The van der Waals surface area contributed by atoms with Gasteiger partial charge in [-0.1, -0.05) is 6.07 Å². The molecule has 0 bridgehead atoms. The van der Waals surface area contributed by atoms with E-state index >= 15 is 0 Å². The Morgan fingerprint density at radius 1 is 0.800 bits per heavy atom. The van der Waals surface area contributed by atoms with Gasteiger partial charge in [0, 0.05) is 5.92 Å². The maximum absolute atomic E-state index is 12.2. The largest absolute Gasteiger partial charge is 0.493 e. The van der Waals surface area contributed by atoms with E-state index in [1.165, 1.54) is 34.5 Å². The highest BCUT2D eigenvalue weighted by Gasteiger charge is 2.41. The van der Waals surface area contributed by atoms with Crippen LogP contribution >= 0.6 is 0 Å². The van der Waals surface area contributed by atoms with Gasteiger partial charge in [-0.3, -0.25) is 4.79 Å². The van der Waals surface area contributed by atoms with E-state index in [1.54, 1.807) is 30.3 Å². The first-order chi connectivity index (χ1) is 14.4. The first-order valence-corrected chi connectivity index (χ1v) is 9.01. The van der Waals surface area contributed by atoms with E-state index < -0.39 is 23.8 Å². The Balaban J connectivity index is 2.33. The topological polar surface area (TPSA) is 112 Å². The number of carboxylic acid groups (broad SMARTS) is 2. The summed E-state index contributed by atoms with van der Waals surface area (Å²) in [5, 5.41) is 19.7. The maximum atomic E-state index is 12.2. The zero-order chi connectivity index (χ0) is 22.0. The van der Waals surface area contributed by atoms with Crippen LogP contribution in [0.3, 0.4) is 0 Å². The van der Waals surface area contributed by atoms with Crippen molar-refractivity contribution in [1.82, 2.24) is 0 Å². The lowest BCUT2D eigenvalue weighted by Gasteiger charge is -2.31. The maximum Gasteiger partial charge on any atom is 0.332 e. The molecule has 0 aromatic heterocycles. The molecule has 0 amide bonds. The van der Waals surface area contributed by atoms with Crippen LogP contribution in [0.2, 0.25) is 0 Å². The van der Waals surface area contributed by atoms with Crippen LogP contribution in [-0.4, -0.2) is 50.6 Å². The van der Waals surface area contributed by atoms with Crippen molar-refractivity contribution in [1.29, 1.82) is 0 Å². The normalized spacial score (nSPS) is 17.4. The molecule has 8 nitrogen and oxygen atoms in total. The summed E-state index contributed by atoms with van der Waals surface area (Å²) in [7, 11) is 5.92. The summed E-state index contributed by atoms with van der Waals surface area (Å²) in [6.07, 6.45) is 1.37. The van der Waals surface area contributed by atoms with Gasteiger partial charge in [-0.15, -0.1) is 0 Å². The fraction of sp³-hybridized carbons (Fsp3) is 0.273. The highest BCUT2D eigenvalue weighted by molar-refractivity contribution is 6.00. The number of benzene rings is 2. The van der Waals surface area contributed by atoms with Gasteiger partial charge in [-0.05, 0) is 47.0 Å². The molecule has 2 aromatic carbocycles. The zero-order valence-electron chi connectivity index (χ0n) is 17.0. The third-order valence-corrected chi connectivity index (χ3v) is 5.18. The number of hydrogen-bond acceptors (Lipinski definition) is 6. The third-order valence-electron chi connectivity index (χ3n) is 5.18. The number of hydrogen-bond donors (Lipinski definition) is 2. The fourth-order valence-electron chi connectivity index (χ4n) is 3.81. The summed E-state index contributed by atoms with van der Waals surface area (Å²) >= 11 is 0. The first-order valence-electron chi connectivity index (χ1n) is 9.01. The van der Waals surface area contributed by atoms with E-state index in [0.717, 1.165) is 0 Å². The Hall–Kier alpha value is -3.68. The molecule has 2 unspecified atom stereocenters. The van der Waals surface area contributed by atoms with Crippen LogP contribution in [0.4, 0.5) is 0 Å². The predicted molar refractivity (Wildman–Crippen MR) is 108 cm³/mol. The first kappa shape index (κ1) is 21.0. The number of carbonyl (C=O) groups is 2. The van der Waals surface area contributed by atoms with E-state index in [0.29, 0.717) is 39.7 Å². The lowest BCUT2D eigenvalue weighted by atomic mass is 9.71. The summed E-state index contributed by atoms with van der Waals surface area (Å²) in [5.41, 5.74) is 1.50. The second kappa shape index (κ2) is 8.36. The lowest BCUT2D eigenvalue weighted by Crippen LogP contribution is -2.31. The fourth-order valence-corrected chi connectivity index (χ4v) is 3.81. The molecule has 0 aliphatic heterocycles. The van der Waals surface area contributed by atoms with Gasteiger partial charge in [-0.2, -0.15) is 0 Å². The number of methoxy groups -OCH3 is 4. The summed E-state index contributed by atoms with van der Waals surface area (Å²) in [6, 6.07) is 8.34. The standard InChI is InChI=1S/C22H22O8/c1-27-15-6-5-11(8-16(15)28-2)19-13-10-18(30-4)17(29-3)9-12(13)7-14(21(23)24)20(19)22(25)26/h5-10,19-20H,1-4H3,(H,23,24)(H,25,26). The molecule has 2 aromatic rings. The van der Waals surface area contributed by atoms with Gasteiger partial charge in [0.25, 0.3) is 0 Å². The Bertz CT molecular complexity index is 1020. The van der Waals surface area contributed by atoms with Gasteiger partial charge in [0.05, 0.1) is 39.9 Å². The number of aliphatic carboxylic acids is 2. The summed E-state index contributed by atoms with van der Waals surface area (Å²) in [5.74, 6) is -2.94. The van der Waals surface area contributed by atoms with Crippen molar-refractivity contribution < 1.29 is 38.7 Å². The zero-order valence-corrected chi connectivity index (χ0v) is 17.0. The number of carboxylic acids is 2. The van der Waals surface area contributed by atoms with Crippen molar-refractivity contribution in [2.24, 2.45) is 5.92 Å². The molecular weight excluding hydrogens is 392 g/mol. The van der Waals surface area contributed by atoms with Crippen LogP contribution in [0.25, 0.3) is 6.08 Å². The predicted octanol–water partition coefficient (Wildman–Crippen LogP) is 3.04. The quantitative estimate of drug-likeness (QED) is 0.711. The average Bonchev–Trinajstić information content (AvgIpc) is 2.75. The molecule has 2 N–H and O–H groups in total. The van der Waals surface area contributed by atoms with Crippen LogP contribution in [0.5, 0.6) is 23.0 Å². The molecule has 0 radical (unpaired) electrons. The van der Waals surface area contributed by atoms with E-state index in [2.05, 4.69) is 0 Å². The van der Waals surface area contributed by atoms with E-state index in [9.17, 15) is 19.8 Å². The van der Waals surface area contributed by atoms with E-state index in [-0.39, 0.29) is 5.57 Å². The SMILES string of the molecule is COc1ccc(C2c3cc(OC)c(OC)cc3C=C(C(=O)O)C2C(=O)O)cc1OC. The number of rotatable bonds is 7. The highest BCUT2D eigenvalue weighted by atomic mass is 16.5. The smallest absolute Gasteiger partial charge is 0.332 e. The van der Waals surface area contributed by atoms with Gasteiger partial charge in [0.15, 0.2) is 23.0 Å². The van der Waals surface area contributed by atoms with Crippen LogP contribution in [0, 0.1) is 5.92 Å². The molecule has 1 aliphatic carbocycles. The Kier molecular flexibility index (Phi) is 5.86. The molecule has 0 saturated heterocycles. The van der Waals surface area contributed by atoms with Crippen molar-refractivity contribution in [3.8, 4) is 23.0 Å². The highest BCUT2D eigenvalue weighted by Crippen LogP contribution is 2.47. The van der Waals surface area contributed by atoms with Crippen LogP contribution in [0.15, 0.2) is 35.9 Å². The molecule has 0 fully saturated rings.